The van der Waals surface area contributed by atoms with Crippen molar-refractivity contribution in [2.75, 3.05) is 26.2 Å². The second-order valence-corrected chi connectivity index (χ2v) is 13.3. The predicted molar refractivity (Wildman–Crippen MR) is 149 cm³/mol. The van der Waals surface area contributed by atoms with Gasteiger partial charge in [-0.05, 0) is 47.3 Å². The summed E-state index contributed by atoms with van der Waals surface area (Å²) in [6.07, 6.45) is 9.67. The lowest BCUT2D eigenvalue weighted by atomic mass is 10.3. The molecule has 10 heteroatoms. The first-order valence-electron chi connectivity index (χ1n) is 10.3. The van der Waals surface area contributed by atoms with Gasteiger partial charge >= 0.3 is 0 Å². The first-order chi connectivity index (χ1) is 13.6. The molecule has 2 nitrogen and oxygen atoms in total. The lowest BCUT2D eigenvalue weighted by Crippen LogP contribution is -2.31. The van der Waals surface area contributed by atoms with Gasteiger partial charge in [-0.2, -0.15) is 0 Å². The standard InChI is InChI=1S/C18H36N2S4.CCl4/c1-5-9-13-19(14-10-6-2)17(21)23-24-18(22)20(15-11-7-3)16-12-8-4;2-1(3,4)5/h5-16H2,1-4H3;. The van der Waals surface area contributed by atoms with Crippen LogP contribution in [-0.2, 0) is 0 Å². The van der Waals surface area contributed by atoms with Gasteiger partial charge in [0.2, 0.25) is 0 Å². The van der Waals surface area contributed by atoms with Crippen LogP contribution in [0.1, 0.15) is 79.1 Å². The van der Waals surface area contributed by atoms with Crippen LogP contribution >= 0.6 is 92.4 Å². The maximum atomic E-state index is 5.67. The zero-order valence-electron chi connectivity index (χ0n) is 18.0. The van der Waals surface area contributed by atoms with Crippen molar-refractivity contribution in [2.45, 2.75) is 82.3 Å². The largest absolute Gasteiger partial charge is 0.357 e. The number of unbranched alkanes of at least 4 members (excludes halogenated alkanes) is 4. The van der Waals surface area contributed by atoms with E-state index in [9.17, 15) is 0 Å². The van der Waals surface area contributed by atoms with Gasteiger partial charge in [0.05, 0.1) is 0 Å². The summed E-state index contributed by atoms with van der Waals surface area (Å²) in [4.78, 5) is 4.73. The highest BCUT2D eigenvalue weighted by atomic mass is 35.6. The van der Waals surface area contributed by atoms with Gasteiger partial charge in [0.15, 0.2) is 0 Å². The van der Waals surface area contributed by atoms with Gasteiger partial charge in [-0.1, -0.05) is 124 Å². The molecule has 0 bridgehead atoms. The summed E-state index contributed by atoms with van der Waals surface area (Å²) >= 11 is 30.6. The van der Waals surface area contributed by atoms with Crippen LogP contribution in [0.2, 0.25) is 0 Å². The van der Waals surface area contributed by atoms with Crippen LogP contribution in [0.3, 0.4) is 0 Å². The zero-order chi connectivity index (χ0) is 22.7. The molecule has 0 aromatic heterocycles. The summed E-state index contributed by atoms with van der Waals surface area (Å²) < 4.78 is 0.380. The molecular formula is C19H36Cl4N2S4. The van der Waals surface area contributed by atoms with Gasteiger partial charge in [-0.25, -0.2) is 0 Å². The Bertz CT molecular complexity index is 370. The molecule has 0 N–H and O–H groups in total. The van der Waals surface area contributed by atoms with Gasteiger partial charge in [0.1, 0.15) is 8.64 Å². The summed E-state index contributed by atoms with van der Waals surface area (Å²) in [5.74, 6) is 0. The van der Waals surface area contributed by atoms with Gasteiger partial charge in [-0.3, -0.25) is 0 Å². The maximum Gasteiger partial charge on any atom is 0.266 e. The van der Waals surface area contributed by atoms with Crippen LogP contribution < -0.4 is 0 Å². The fourth-order valence-electron chi connectivity index (χ4n) is 2.16. The third-order valence-electron chi connectivity index (χ3n) is 3.83. The number of rotatable bonds is 12. The normalized spacial score (nSPS) is 10.9. The molecule has 0 aliphatic carbocycles. The van der Waals surface area contributed by atoms with E-state index in [4.69, 9.17) is 70.8 Å². The van der Waals surface area contributed by atoms with Crippen molar-refractivity contribution in [1.29, 1.82) is 0 Å². The highest BCUT2D eigenvalue weighted by Gasteiger charge is 2.14. The fourth-order valence-corrected chi connectivity index (χ4v) is 4.92. The van der Waals surface area contributed by atoms with Crippen molar-refractivity contribution in [3.63, 3.8) is 0 Å². The molecule has 0 rings (SSSR count). The number of alkyl halides is 4. The van der Waals surface area contributed by atoms with E-state index in [-0.39, 0.29) is 0 Å². The summed E-state index contributed by atoms with van der Waals surface area (Å²) in [5.41, 5.74) is 0. The average Bonchev–Trinajstić information content (AvgIpc) is 2.64. The van der Waals surface area contributed by atoms with E-state index >= 15 is 0 Å². The van der Waals surface area contributed by atoms with E-state index in [0.29, 0.717) is 0 Å². The van der Waals surface area contributed by atoms with Crippen LogP contribution in [0.25, 0.3) is 0 Å². The van der Waals surface area contributed by atoms with Crippen molar-refractivity contribution in [2.24, 2.45) is 0 Å². The minimum absolute atomic E-state index is 0.996. The van der Waals surface area contributed by atoms with Crippen LogP contribution in [-0.4, -0.2) is 47.9 Å². The highest BCUT2D eigenvalue weighted by molar-refractivity contribution is 8.89. The quantitative estimate of drug-likeness (QED) is 0.132. The Morgan fingerprint density at radius 1 is 0.621 bits per heavy atom. The summed E-state index contributed by atoms with van der Waals surface area (Å²) in [5, 5.41) is 0. The Morgan fingerprint density at radius 3 is 1.00 bits per heavy atom. The summed E-state index contributed by atoms with van der Waals surface area (Å²) in [6.45, 7) is 13.2. The number of hydrogen-bond donors (Lipinski definition) is 0. The Hall–Kier alpha value is 1.64. The van der Waals surface area contributed by atoms with E-state index in [0.717, 1.165) is 34.8 Å². The molecule has 0 fully saturated rings. The van der Waals surface area contributed by atoms with E-state index in [1.54, 1.807) is 21.6 Å². The third-order valence-corrected chi connectivity index (χ3v) is 7.56. The van der Waals surface area contributed by atoms with E-state index < -0.39 is 3.25 Å². The molecule has 0 saturated heterocycles. The van der Waals surface area contributed by atoms with Gasteiger partial charge in [-0.15, -0.1) is 0 Å². The fraction of sp³-hybridized carbons (Fsp3) is 0.895. The first-order valence-corrected chi connectivity index (χ1v) is 14.8. The second kappa shape index (κ2) is 21.5. The van der Waals surface area contributed by atoms with Crippen LogP contribution in [0, 0.1) is 0 Å². The molecule has 174 valence electrons. The number of nitrogens with zero attached hydrogens (tertiary/aromatic N) is 2. The smallest absolute Gasteiger partial charge is 0.266 e. The molecule has 29 heavy (non-hydrogen) atoms. The average molecular weight is 563 g/mol. The van der Waals surface area contributed by atoms with Crippen molar-refractivity contribution in [3.8, 4) is 0 Å². The van der Waals surface area contributed by atoms with E-state index in [1.807, 2.05) is 0 Å². The SMILES string of the molecule is CCCCN(CCCC)C(=S)SSC(=S)N(CCCC)CCCC.ClC(Cl)(Cl)Cl. The van der Waals surface area contributed by atoms with Crippen LogP contribution in [0.15, 0.2) is 0 Å². The Kier molecular flexibility index (Phi) is 24.3. The molecule has 0 heterocycles. The molecule has 0 aromatic carbocycles. The maximum absolute atomic E-state index is 5.67. The number of halogens is 4. The van der Waals surface area contributed by atoms with Crippen LogP contribution in [0.5, 0.6) is 0 Å². The van der Waals surface area contributed by atoms with E-state index in [1.165, 1.54) is 51.4 Å². The second-order valence-electron chi connectivity index (χ2n) is 6.52. The molecular weight excluding hydrogens is 526 g/mol. The molecule has 0 radical (unpaired) electrons. The monoisotopic (exact) mass is 560 g/mol. The van der Waals surface area contributed by atoms with Gasteiger partial charge < -0.3 is 9.80 Å². The molecule has 0 amide bonds. The van der Waals surface area contributed by atoms with Gasteiger partial charge in [0, 0.05) is 26.2 Å². The topological polar surface area (TPSA) is 6.48 Å². The zero-order valence-corrected chi connectivity index (χ0v) is 24.3. The number of hydrogen-bond acceptors (Lipinski definition) is 4. The molecule has 0 aliphatic heterocycles. The summed E-state index contributed by atoms with van der Waals surface area (Å²) in [7, 11) is 3.36. The lowest BCUT2D eigenvalue weighted by molar-refractivity contribution is 0.410. The minimum atomic E-state index is -1.61. The molecule has 0 spiro atoms. The molecule has 0 unspecified atom stereocenters. The lowest BCUT2D eigenvalue weighted by Gasteiger charge is -2.27. The molecule has 0 aliphatic rings. The number of thiocarbonyl (C=S) groups is 2. The van der Waals surface area contributed by atoms with Crippen molar-refractivity contribution < 1.29 is 0 Å². The minimum Gasteiger partial charge on any atom is -0.357 e. The Morgan fingerprint density at radius 2 is 0.828 bits per heavy atom. The Balaban J connectivity index is 0. The predicted octanol–water partition coefficient (Wildman–Crippen LogP) is 9.29. The third kappa shape index (κ3) is 24.1. The molecule has 0 aromatic rings. The van der Waals surface area contributed by atoms with Crippen molar-refractivity contribution >= 4 is 101 Å². The first kappa shape index (κ1) is 32.8. The van der Waals surface area contributed by atoms with Crippen LogP contribution in [0.4, 0.5) is 0 Å². The molecule has 0 saturated carbocycles. The summed E-state index contributed by atoms with van der Waals surface area (Å²) in [6, 6.07) is 0. The Labute approximate surface area is 217 Å². The van der Waals surface area contributed by atoms with E-state index in [2.05, 4.69) is 37.5 Å². The van der Waals surface area contributed by atoms with Crippen molar-refractivity contribution in [3.05, 3.63) is 0 Å². The highest BCUT2D eigenvalue weighted by Crippen LogP contribution is 2.30. The van der Waals surface area contributed by atoms with Gasteiger partial charge in [0.25, 0.3) is 3.25 Å². The van der Waals surface area contributed by atoms with Crippen molar-refractivity contribution in [1.82, 2.24) is 9.80 Å². The molecule has 0 atom stereocenters.